The van der Waals surface area contributed by atoms with Crippen LogP contribution in [0.15, 0.2) is 48.6 Å². The van der Waals surface area contributed by atoms with E-state index >= 15 is 0 Å². The van der Waals surface area contributed by atoms with Crippen molar-refractivity contribution in [3.63, 3.8) is 0 Å². The molecule has 2 aliphatic rings. The van der Waals surface area contributed by atoms with E-state index in [9.17, 15) is 4.79 Å². The lowest BCUT2D eigenvalue weighted by atomic mass is 9.76. The Labute approximate surface area is 157 Å². The predicted molar refractivity (Wildman–Crippen MR) is 102 cm³/mol. The lowest BCUT2D eigenvalue weighted by Crippen LogP contribution is -2.29. The number of hydrogen-bond donors (Lipinski definition) is 1. The third-order valence-electron chi connectivity index (χ3n) is 5.34. The second-order valence-corrected chi connectivity index (χ2v) is 7.03. The van der Waals surface area contributed by atoms with Crippen molar-refractivity contribution in [1.82, 2.24) is 0 Å². The van der Waals surface area contributed by atoms with Crippen LogP contribution in [0.25, 0.3) is 0 Å². The summed E-state index contributed by atoms with van der Waals surface area (Å²) in [5.74, 6) is 1.09. The predicted octanol–water partition coefficient (Wildman–Crippen LogP) is 4.96. The molecule has 0 unspecified atom stereocenters. The Morgan fingerprint density at radius 3 is 2.62 bits per heavy atom. The average Bonchev–Trinajstić information content (AvgIpc) is 3.16. The molecule has 0 radical (unpaired) electrons. The van der Waals surface area contributed by atoms with E-state index in [0.29, 0.717) is 11.5 Å². The molecule has 0 saturated heterocycles. The maximum absolute atomic E-state index is 11.7. The van der Waals surface area contributed by atoms with Gasteiger partial charge in [0, 0.05) is 16.5 Å². The quantitative estimate of drug-likeness (QED) is 0.613. The molecule has 1 N–H and O–H groups in total. The van der Waals surface area contributed by atoms with Crippen LogP contribution in [0.1, 0.15) is 39.9 Å². The van der Waals surface area contributed by atoms with Crippen molar-refractivity contribution >= 4 is 23.3 Å². The van der Waals surface area contributed by atoms with Gasteiger partial charge in [0.2, 0.25) is 0 Å². The molecular weight excluding hydrogens is 350 g/mol. The second-order valence-electron chi connectivity index (χ2n) is 6.63. The van der Waals surface area contributed by atoms with Crippen LogP contribution in [0.3, 0.4) is 0 Å². The fourth-order valence-electron chi connectivity index (χ4n) is 4.08. The minimum atomic E-state index is -0.327. The van der Waals surface area contributed by atoms with Crippen LogP contribution >= 0.6 is 11.6 Å². The highest BCUT2D eigenvalue weighted by Crippen LogP contribution is 2.54. The molecule has 4 rings (SSSR count). The number of nitrogens with one attached hydrogen (secondary N) is 1. The number of rotatable bonds is 3. The van der Waals surface area contributed by atoms with E-state index in [-0.39, 0.29) is 17.9 Å². The third kappa shape index (κ3) is 2.65. The van der Waals surface area contributed by atoms with Gasteiger partial charge in [-0.1, -0.05) is 35.9 Å². The highest BCUT2D eigenvalue weighted by Gasteiger charge is 2.40. The van der Waals surface area contributed by atoms with Gasteiger partial charge in [-0.25, -0.2) is 4.79 Å². The first kappa shape index (κ1) is 17.0. The van der Waals surface area contributed by atoms with Crippen molar-refractivity contribution in [3.8, 4) is 5.75 Å². The van der Waals surface area contributed by atoms with E-state index in [1.807, 2.05) is 36.4 Å². The number of hydrogen-bond acceptors (Lipinski definition) is 4. The monoisotopic (exact) mass is 369 g/mol. The highest BCUT2D eigenvalue weighted by atomic mass is 35.5. The molecule has 0 amide bonds. The molecule has 2 aromatic carbocycles. The number of ether oxygens (including phenoxy) is 2. The van der Waals surface area contributed by atoms with E-state index in [4.69, 9.17) is 21.1 Å². The summed E-state index contributed by atoms with van der Waals surface area (Å²) in [5.41, 5.74) is 3.74. The van der Waals surface area contributed by atoms with Gasteiger partial charge in [0.1, 0.15) is 5.75 Å². The first-order valence-electron chi connectivity index (χ1n) is 8.62. The average molecular weight is 370 g/mol. The topological polar surface area (TPSA) is 47.6 Å². The zero-order valence-electron chi connectivity index (χ0n) is 14.7. The summed E-state index contributed by atoms with van der Waals surface area (Å²) < 4.78 is 10.3. The van der Waals surface area contributed by atoms with Crippen molar-refractivity contribution in [2.75, 3.05) is 19.5 Å². The normalized spacial score (nSPS) is 23.0. The number of halogens is 1. The standard InChI is InChI=1S/C21H20ClNO3/c1-25-17-11-10-16(22)18-14-4-3-5-15(14)19(23-20(17)18)12-6-8-13(9-7-12)21(24)26-2/h3-4,6-11,14-15,19,23H,5H2,1-2H3/t14-,15-,19+/m1/s1. The SMILES string of the molecule is COC(=O)c1ccc([C@@H]2Nc3c(OC)ccc(Cl)c3[C@@H]3C=CC[C@H]32)cc1. The summed E-state index contributed by atoms with van der Waals surface area (Å²) in [5, 5.41) is 4.40. The Kier molecular flexibility index (Phi) is 4.37. The summed E-state index contributed by atoms with van der Waals surface area (Å²) in [7, 11) is 3.06. The molecular formula is C21H20ClNO3. The number of fused-ring (bicyclic) bond motifs is 3. The molecule has 3 atom stereocenters. The van der Waals surface area contributed by atoms with Gasteiger partial charge in [0.05, 0.1) is 31.5 Å². The van der Waals surface area contributed by atoms with Crippen molar-refractivity contribution in [2.45, 2.75) is 18.4 Å². The van der Waals surface area contributed by atoms with Crippen molar-refractivity contribution in [2.24, 2.45) is 5.92 Å². The molecule has 4 nitrogen and oxygen atoms in total. The van der Waals surface area contributed by atoms with Crippen LogP contribution in [0, 0.1) is 5.92 Å². The molecule has 5 heteroatoms. The Hall–Kier alpha value is -2.46. The smallest absolute Gasteiger partial charge is 0.337 e. The summed E-state index contributed by atoms with van der Waals surface area (Å²) in [6.45, 7) is 0. The van der Waals surface area contributed by atoms with E-state index in [2.05, 4.69) is 17.5 Å². The molecule has 1 aliphatic carbocycles. The summed E-state index contributed by atoms with van der Waals surface area (Å²) >= 11 is 6.52. The van der Waals surface area contributed by atoms with Crippen molar-refractivity contribution in [3.05, 3.63) is 70.3 Å². The Morgan fingerprint density at radius 2 is 1.92 bits per heavy atom. The van der Waals surface area contributed by atoms with Crippen LogP contribution in [0.2, 0.25) is 5.02 Å². The summed E-state index contributed by atoms with van der Waals surface area (Å²) in [4.78, 5) is 11.7. The number of carbonyl (C=O) groups is 1. The number of esters is 1. The Bertz CT molecular complexity index is 876. The molecule has 0 fully saturated rings. The van der Waals surface area contributed by atoms with E-state index in [1.165, 1.54) is 7.11 Å². The molecule has 2 aromatic rings. The number of carbonyl (C=O) groups excluding carboxylic acids is 1. The van der Waals surface area contributed by atoms with E-state index in [1.54, 1.807) is 7.11 Å². The van der Waals surface area contributed by atoms with Crippen LogP contribution in [-0.4, -0.2) is 20.2 Å². The first-order chi connectivity index (χ1) is 12.6. The molecule has 0 bridgehead atoms. The second kappa shape index (κ2) is 6.69. The van der Waals surface area contributed by atoms with Gasteiger partial charge in [0.15, 0.2) is 0 Å². The van der Waals surface area contributed by atoms with Crippen LogP contribution in [0.5, 0.6) is 5.75 Å². The van der Waals surface area contributed by atoms with Crippen LogP contribution in [0.4, 0.5) is 5.69 Å². The number of methoxy groups -OCH3 is 2. The maximum atomic E-state index is 11.7. The lowest BCUT2D eigenvalue weighted by molar-refractivity contribution is 0.0600. The van der Waals surface area contributed by atoms with Gasteiger partial charge in [-0.15, -0.1) is 0 Å². The molecule has 1 heterocycles. The number of allylic oxidation sites excluding steroid dienone is 2. The summed E-state index contributed by atoms with van der Waals surface area (Å²) in [6, 6.07) is 11.5. The summed E-state index contributed by atoms with van der Waals surface area (Å²) in [6.07, 6.45) is 5.44. The third-order valence-corrected chi connectivity index (χ3v) is 5.67. The van der Waals surface area contributed by atoms with Crippen molar-refractivity contribution in [1.29, 1.82) is 0 Å². The fraction of sp³-hybridized carbons (Fsp3) is 0.286. The Balaban J connectivity index is 1.75. The number of benzene rings is 2. The zero-order valence-corrected chi connectivity index (χ0v) is 15.4. The van der Waals surface area contributed by atoms with Crippen LogP contribution in [-0.2, 0) is 4.74 Å². The van der Waals surface area contributed by atoms with Gasteiger partial charge < -0.3 is 14.8 Å². The van der Waals surface area contributed by atoms with Gasteiger partial charge in [-0.05, 0) is 42.2 Å². The minimum absolute atomic E-state index is 0.113. The fourth-order valence-corrected chi connectivity index (χ4v) is 4.37. The minimum Gasteiger partial charge on any atom is -0.495 e. The molecule has 0 saturated carbocycles. The van der Waals surface area contributed by atoms with Gasteiger partial charge >= 0.3 is 5.97 Å². The van der Waals surface area contributed by atoms with Gasteiger partial charge in [-0.3, -0.25) is 0 Å². The zero-order chi connectivity index (χ0) is 18.3. The molecule has 26 heavy (non-hydrogen) atoms. The largest absolute Gasteiger partial charge is 0.495 e. The first-order valence-corrected chi connectivity index (χ1v) is 8.99. The van der Waals surface area contributed by atoms with Crippen molar-refractivity contribution < 1.29 is 14.3 Å². The molecule has 0 aromatic heterocycles. The molecule has 134 valence electrons. The molecule has 1 aliphatic heterocycles. The van der Waals surface area contributed by atoms with Gasteiger partial charge in [-0.2, -0.15) is 0 Å². The maximum Gasteiger partial charge on any atom is 0.337 e. The van der Waals surface area contributed by atoms with E-state index in [0.717, 1.165) is 34.0 Å². The molecule has 0 spiro atoms. The lowest BCUT2D eigenvalue weighted by Gasteiger charge is -2.38. The number of anilines is 1. The highest BCUT2D eigenvalue weighted by molar-refractivity contribution is 6.32. The van der Waals surface area contributed by atoms with Crippen LogP contribution < -0.4 is 10.1 Å². The van der Waals surface area contributed by atoms with Gasteiger partial charge in [0.25, 0.3) is 0 Å². The Morgan fingerprint density at radius 1 is 1.15 bits per heavy atom. The van der Waals surface area contributed by atoms with E-state index < -0.39 is 0 Å².